The van der Waals surface area contributed by atoms with Crippen molar-refractivity contribution in [2.24, 2.45) is 10.2 Å². The van der Waals surface area contributed by atoms with Crippen molar-refractivity contribution >= 4 is 67.1 Å². The van der Waals surface area contributed by atoms with E-state index >= 15 is 0 Å². The molecule has 4 aromatic carbocycles. The molecule has 4 rings (SSSR count). The molecule has 0 bridgehead atoms. The Labute approximate surface area is 250 Å². The first-order valence-electron chi connectivity index (χ1n) is 10.6. The Morgan fingerprint density at radius 1 is 1.00 bits per heavy atom. The maximum atomic E-state index is 13.4. The van der Waals surface area contributed by atoms with Crippen LogP contribution in [0.5, 0.6) is 11.5 Å². The molecule has 9 nitrogen and oxygen atoms in total. The molecule has 0 atom stereocenters. The normalized spacial score (nSPS) is 11.4. The number of nitrogens with zero attached hydrogens (tertiary/aromatic N) is 2. The molecular formula is C25H18Cl2N3NaO6S. The quantitative estimate of drug-likeness (QED) is 0.203. The van der Waals surface area contributed by atoms with Crippen LogP contribution in [-0.2, 0) is 10.1 Å². The molecule has 0 spiro atoms. The molecule has 0 aliphatic heterocycles. The smallest absolute Gasteiger partial charge is 0.870 e. The van der Waals surface area contributed by atoms with Crippen LogP contribution in [-0.4, -0.2) is 26.0 Å². The second kappa shape index (κ2) is 12.0. The molecule has 190 valence electrons. The molecule has 2 N–H and O–H groups in total. The van der Waals surface area contributed by atoms with E-state index in [1.54, 1.807) is 43.3 Å². The van der Waals surface area contributed by atoms with E-state index in [1.165, 1.54) is 31.4 Å². The summed E-state index contributed by atoms with van der Waals surface area (Å²) >= 11 is 12.1. The number of benzene rings is 4. The average molecular weight is 582 g/mol. The van der Waals surface area contributed by atoms with Crippen LogP contribution in [0.1, 0.15) is 15.9 Å². The van der Waals surface area contributed by atoms with E-state index in [0.29, 0.717) is 27.8 Å². The summed E-state index contributed by atoms with van der Waals surface area (Å²) in [5, 5.41) is 24.9. The Bertz CT molecular complexity index is 1700. The van der Waals surface area contributed by atoms with Crippen molar-refractivity contribution in [2.75, 3.05) is 12.4 Å². The Hall–Kier alpha value is -2.70. The van der Waals surface area contributed by atoms with Gasteiger partial charge in [0.15, 0.2) is 0 Å². The minimum absolute atomic E-state index is 0. The zero-order valence-corrected chi connectivity index (χ0v) is 24.6. The predicted octanol–water partition coefficient (Wildman–Crippen LogP) is 3.46. The van der Waals surface area contributed by atoms with Crippen molar-refractivity contribution in [2.45, 2.75) is 11.8 Å². The molecule has 13 heteroatoms. The topological polar surface area (TPSA) is 140 Å². The van der Waals surface area contributed by atoms with Gasteiger partial charge in [-0.25, -0.2) is 0 Å². The van der Waals surface area contributed by atoms with Crippen LogP contribution in [0.25, 0.3) is 10.8 Å². The second-order valence-corrected chi connectivity index (χ2v) is 10.0. The molecule has 0 radical (unpaired) electrons. The van der Waals surface area contributed by atoms with E-state index in [1.807, 2.05) is 0 Å². The first-order chi connectivity index (χ1) is 17.5. The number of rotatable bonds is 6. The molecule has 1 amide bonds. The van der Waals surface area contributed by atoms with E-state index in [4.69, 9.17) is 27.9 Å². The molecule has 38 heavy (non-hydrogen) atoms. The van der Waals surface area contributed by atoms with Gasteiger partial charge in [-0.2, -0.15) is 13.5 Å². The molecular weight excluding hydrogens is 564 g/mol. The predicted molar refractivity (Wildman–Crippen MR) is 140 cm³/mol. The molecule has 0 saturated carbocycles. The number of fused-ring (bicyclic) bond motifs is 1. The number of ether oxygens (including phenoxy) is 1. The third kappa shape index (κ3) is 6.13. The van der Waals surface area contributed by atoms with Crippen LogP contribution in [0.3, 0.4) is 0 Å². The minimum Gasteiger partial charge on any atom is -0.870 e. The zero-order valence-electron chi connectivity index (χ0n) is 20.3. The van der Waals surface area contributed by atoms with E-state index in [-0.39, 0.29) is 56.5 Å². The summed E-state index contributed by atoms with van der Waals surface area (Å²) in [5.41, 5.74) is 0.0111. The van der Waals surface area contributed by atoms with Gasteiger partial charge in [0.1, 0.15) is 16.3 Å². The van der Waals surface area contributed by atoms with Crippen LogP contribution in [0, 0.1) is 6.92 Å². The Morgan fingerprint density at radius 2 is 1.68 bits per heavy atom. The fourth-order valence-corrected chi connectivity index (χ4v) is 5.10. The monoisotopic (exact) mass is 581 g/mol. The number of azo groups is 1. The fraction of sp³-hybridized carbons (Fsp3) is 0.0800. The Balaban J connectivity index is 0.00000400. The zero-order chi connectivity index (χ0) is 26.9. The van der Waals surface area contributed by atoms with Crippen molar-refractivity contribution in [1.82, 2.24) is 0 Å². The molecule has 0 aromatic heterocycles. The second-order valence-electron chi connectivity index (χ2n) is 7.84. The van der Waals surface area contributed by atoms with Crippen molar-refractivity contribution in [3.05, 3.63) is 81.8 Å². The number of hydrogen-bond acceptors (Lipinski definition) is 7. The summed E-state index contributed by atoms with van der Waals surface area (Å²) in [6.45, 7) is 1.54. The summed E-state index contributed by atoms with van der Waals surface area (Å²) in [6.07, 6.45) is 0. The summed E-state index contributed by atoms with van der Waals surface area (Å²) in [6, 6.07) is 15.5. The summed E-state index contributed by atoms with van der Waals surface area (Å²) in [5.74, 6) is -1.04. The summed E-state index contributed by atoms with van der Waals surface area (Å²) in [7, 11) is -3.30. The first-order valence-corrected chi connectivity index (χ1v) is 12.8. The number of amides is 1. The first kappa shape index (κ1) is 29.9. The number of hydrogen-bond donors (Lipinski definition) is 2. The Morgan fingerprint density at radius 3 is 2.34 bits per heavy atom. The average Bonchev–Trinajstić information content (AvgIpc) is 2.84. The van der Waals surface area contributed by atoms with Gasteiger partial charge in [0.2, 0.25) is 0 Å². The van der Waals surface area contributed by atoms with Crippen LogP contribution >= 0.6 is 23.2 Å². The van der Waals surface area contributed by atoms with Gasteiger partial charge in [0.25, 0.3) is 16.0 Å². The molecule has 0 heterocycles. The molecule has 0 aliphatic carbocycles. The van der Waals surface area contributed by atoms with Crippen LogP contribution in [0.2, 0.25) is 10.0 Å². The molecule has 0 unspecified atom stereocenters. The number of nitrogens with one attached hydrogen (secondary N) is 1. The molecule has 0 aliphatic rings. The summed E-state index contributed by atoms with van der Waals surface area (Å²) < 4.78 is 38.6. The third-order valence-corrected chi connectivity index (χ3v) is 7.07. The number of carbonyl (C=O) groups is 1. The minimum atomic E-state index is -4.76. The summed E-state index contributed by atoms with van der Waals surface area (Å²) in [4.78, 5) is 12.4. The maximum Gasteiger partial charge on any atom is 1.00 e. The van der Waals surface area contributed by atoms with E-state index < -0.39 is 26.7 Å². The van der Waals surface area contributed by atoms with E-state index in [0.717, 1.165) is 0 Å². The van der Waals surface area contributed by atoms with Crippen LogP contribution < -0.4 is 44.7 Å². The maximum absolute atomic E-state index is 13.4. The van der Waals surface area contributed by atoms with Crippen molar-refractivity contribution in [3.63, 3.8) is 0 Å². The van der Waals surface area contributed by atoms with Gasteiger partial charge in [-0.3, -0.25) is 9.35 Å². The molecule has 0 fully saturated rings. The van der Waals surface area contributed by atoms with Gasteiger partial charge in [0, 0.05) is 16.6 Å². The van der Waals surface area contributed by atoms with Gasteiger partial charge in [0.05, 0.1) is 22.8 Å². The third-order valence-electron chi connectivity index (χ3n) is 5.42. The number of carbonyl (C=O) groups excluding carboxylic acids is 1. The number of anilines is 1. The number of halogens is 2. The van der Waals surface area contributed by atoms with Crippen molar-refractivity contribution < 1.29 is 57.2 Å². The number of aryl methyl sites for hydroxylation is 1. The molecule has 0 saturated heterocycles. The Kier molecular flexibility index (Phi) is 9.43. The molecule has 4 aromatic rings. The van der Waals surface area contributed by atoms with Crippen LogP contribution in [0.4, 0.5) is 17.1 Å². The van der Waals surface area contributed by atoms with E-state index in [9.17, 15) is 22.9 Å². The largest absolute Gasteiger partial charge is 1.00 e. The van der Waals surface area contributed by atoms with Crippen molar-refractivity contribution in [3.8, 4) is 11.5 Å². The van der Waals surface area contributed by atoms with Gasteiger partial charge in [-0.15, -0.1) is 5.11 Å². The van der Waals surface area contributed by atoms with Gasteiger partial charge in [-0.05, 0) is 48.2 Å². The van der Waals surface area contributed by atoms with Gasteiger partial charge < -0.3 is 15.2 Å². The van der Waals surface area contributed by atoms with E-state index in [2.05, 4.69) is 15.5 Å². The van der Waals surface area contributed by atoms with Crippen LogP contribution in [0.15, 0.2) is 75.8 Å². The van der Waals surface area contributed by atoms with Crippen molar-refractivity contribution in [1.29, 1.82) is 0 Å². The van der Waals surface area contributed by atoms with Gasteiger partial charge in [-0.1, -0.05) is 59.3 Å². The standard InChI is InChI=1S/C25H19Cl2N3O6S.Na/c1-13-7-9-18(26)24(37(33,34)35)21(13)29-30-22-16-6-4-3-5-14(16)11-17(23(22)31)25(32)28-15-8-10-20(36-2)19(27)12-15;/h3-12,31H,1-2H3,(H,28,32)(H,33,34,35);/q;+1/p-1. The van der Waals surface area contributed by atoms with Gasteiger partial charge >= 0.3 is 29.6 Å². The fourth-order valence-electron chi connectivity index (χ4n) is 3.63. The SMILES string of the molecule is COc1ccc(NC(=O)c2cc3ccccc3c(N=Nc3c(C)ccc(Cl)c3S(=O)(=O)O)c2[O-])cc1Cl.[Na+]. The number of methoxy groups -OCH3 is 1.